The standard InChI is InChI=1S/C11H20N4O4/c12-7-2-1-5-15(6-7)11(19)14-8(10(17)18)3-4-9(13)16/h7-8H,1-6,12H2,(H2,13,16)(H,14,19)(H,17,18). The fourth-order valence-electron chi connectivity index (χ4n) is 1.98. The lowest BCUT2D eigenvalue weighted by Gasteiger charge is -2.31. The third-order valence-corrected chi connectivity index (χ3v) is 3.02. The number of rotatable bonds is 5. The summed E-state index contributed by atoms with van der Waals surface area (Å²) in [6, 6.07) is -1.65. The Morgan fingerprint density at radius 1 is 1.42 bits per heavy atom. The first-order chi connectivity index (χ1) is 8.90. The molecule has 6 N–H and O–H groups in total. The Hall–Kier alpha value is -1.83. The van der Waals surface area contributed by atoms with Gasteiger partial charge < -0.3 is 26.8 Å². The van der Waals surface area contributed by atoms with E-state index in [1.54, 1.807) is 0 Å². The highest BCUT2D eigenvalue weighted by atomic mass is 16.4. The monoisotopic (exact) mass is 272 g/mol. The molecule has 108 valence electrons. The molecule has 2 unspecified atom stereocenters. The van der Waals surface area contributed by atoms with Crippen LogP contribution >= 0.6 is 0 Å². The molecule has 8 heteroatoms. The van der Waals surface area contributed by atoms with Crippen molar-refractivity contribution in [2.24, 2.45) is 11.5 Å². The third-order valence-electron chi connectivity index (χ3n) is 3.02. The molecule has 1 saturated heterocycles. The van der Waals surface area contributed by atoms with Crippen molar-refractivity contribution in [2.45, 2.75) is 37.8 Å². The number of amides is 3. The molecule has 2 atom stereocenters. The van der Waals surface area contributed by atoms with E-state index in [4.69, 9.17) is 16.6 Å². The van der Waals surface area contributed by atoms with Crippen LogP contribution in [0.4, 0.5) is 4.79 Å². The first kappa shape index (κ1) is 15.2. The van der Waals surface area contributed by atoms with E-state index in [9.17, 15) is 14.4 Å². The van der Waals surface area contributed by atoms with Crippen molar-refractivity contribution in [1.29, 1.82) is 0 Å². The maximum atomic E-state index is 11.9. The van der Waals surface area contributed by atoms with Crippen molar-refractivity contribution in [3.8, 4) is 0 Å². The zero-order valence-electron chi connectivity index (χ0n) is 10.7. The van der Waals surface area contributed by atoms with Gasteiger partial charge in [0.05, 0.1) is 0 Å². The normalized spacial score (nSPS) is 20.7. The number of piperidine rings is 1. The van der Waals surface area contributed by atoms with Crippen LogP contribution in [0.5, 0.6) is 0 Å². The first-order valence-corrected chi connectivity index (χ1v) is 6.22. The number of nitrogens with one attached hydrogen (secondary N) is 1. The number of hydrogen-bond acceptors (Lipinski definition) is 4. The summed E-state index contributed by atoms with van der Waals surface area (Å²) in [5.74, 6) is -1.78. The molecule has 0 radical (unpaired) electrons. The quantitative estimate of drug-likeness (QED) is 0.500. The molecule has 3 amide bonds. The lowest BCUT2D eigenvalue weighted by atomic mass is 10.1. The summed E-state index contributed by atoms with van der Waals surface area (Å²) < 4.78 is 0. The summed E-state index contributed by atoms with van der Waals surface area (Å²) in [7, 11) is 0. The van der Waals surface area contributed by atoms with Crippen molar-refractivity contribution in [3.63, 3.8) is 0 Å². The van der Waals surface area contributed by atoms with Gasteiger partial charge in [0, 0.05) is 25.6 Å². The fraction of sp³-hybridized carbons (Fsp3) is 0.727. The summed E-state index contributed by atoms with van der Waals surface area (Å²) in [6.07, 6.45) is 1.55. The Kier molecular flexibility index (Phi) is 5.56. The number of likely N-dealkylation sites (tertiary alicyclic amines) is 1. The van der Waals surface area contributed by atoms with E-state index in [1.165, 1.54) is 4.90 Å². The largest absolute Gasteiger partial charge is 0.480 e. The zero-order valence-corrected chi connectivity index (χ0v) is 10.7. The van der Waals surface area contributed by atoms with Gasteiger partial charge in [-0.25, -0.2) is 9.59 Å². The van der Waals surface area contributed by atoms with Gasteiger partial charge in [0.15, 0.2) is 0 Å². The van der Waals surface area contributed by atoms with Gasteiger partial charge in [-0.2, -0.15) is 0 Å². The van der Waals surface area contributed by atoms with E-state index in [0.29, 0.717) is 13.1 Å². The zero-order chi connectivity index (χ0) is 14.4. The lowest BCUT2D eigenvalue weighted by Crippen LogP contribution is -2.53. The van der Waals surface area contributed by atoms with E-state index in [-0.39, 0.29) is 18.9 Å². The second-order valence-electron chi connectivity index (χ2n) is 4.69. The van der Waals surface area contributed by atoms with E-state index in [1.807, 2.05) is 0 Å². The SMILES string of the molecule is NC(=O)CCC(NC(=O)N1CCCC(N)C1)C(=O)O. The maximum absolute atomic E-state index is 11.9. The predicted octanol–water partition coefficient (Wildman–Crippen LogP) is -1.16. The molecule has 0 aromatic rings. The smallest absolute Gasteiger partial charge is 0.326 e. The highest BCUT2D eigenvalue weighted by molar-refractivity contribution is 5.83. The maximum Gasteiger partial charge on any atom is 0.326 e. The molecule has 0 saturated carbocycles. The molecular formula is C11H20N4O4. The van der Waals surface area contributed by atoms with Crippen LogP contribution < -0.4 is 16.8 Å². The molecular weight excluding hydrogens is 252 g/mol. The van der Waals surface area contributed by atoms with Crippen molar-refractivity contribution in [2.75, 3.05) is 13.1 Å². The molecule has 1 aliphatic rings. The highest BCUT2D eigenvalue weighted by Gasteiger charge is 2.26. The Labute approximate surface area is 111 Å². The summed E-state index contributed by atoms with van der Waals surface area (Å²) in [6.45, 7) is 0.968. The summed E-state index contributed by atoms with van der Waals surface area (Å²) in [4.78, 5) is 35.0. The number of nitrogens with two attached hydrogens (primary N) is 2. The summed E-state index contributed by atoms with van der Waals surface area (Å²) >= 11 is 0. The Morgan fingerprint density at radius 2 is 2.11 bits per heavy atom. The van der Waals surface area contributed by atoms with Crippen LogP contribution in [0.3, 0.4) is 0 Å². The van der Waals surface area contributed by atoms with Crippen molar-refractivity contribution < 1.29 is 19.5 Å². The molecule has 0 bridgehead atoms. The van der Waals surface area contributed by atoms with Gasteiger partial charge in [-0.1, -0.05) is 0 Å². The van der Waals surface area contributed by atoms with E-state index in [0.717, 1.165) is 12.8 Å². The number of carbonyl (C=O) groups is 3. The number of nitrogens with zero attached hydrogens (tertiary/aromatic N) is 1. The van der Waals surface area contributed by atoms with Gasteiger partial charge in [-0.15, -0.1) is 0 Å². The number of carbonyl (C=O) groups excluding carboxylic acids is 2. The molecule has 0 aromatic carbocycles. The Bertz CT molecular complexity index is 361. The minimum Gasteiger partial charge on any atom is -0.480 e. The number of urea groups is 1. The molecule has 1 heterocycles. The predicted molar refractivity (Wildman–Crippen MR) is 67.2 cm³/mol. The lowest BCUT2D eigenvalue weighted by molar-refractivity contribution is -0.139. The minimum atomic E-state index is -1.18. The van der Waals surface area contributed by atoms with E-state index < -0.39 is 23.9 Å². The molecule has 0 aliphatic carbocycles. The van der Waals surface area contributed by atoms with Crippen LogP contribution in [0.15, 0.2) is 0 Å². The molecule has 19 heavy (non-hydrogen) atoms. The third kappa shape index (κ3) is 5.12. The van der Waals surface area contributed by atoms with Crippen molar-refractivity contribution in [1.82, 2.24) is 10.2 Å². The number of primary amides is 1. The average Bonchev–Trinajstić information content (AvgIpc) is 2.33. The van der Waals surface area contributed by atoms with Crippen molar-refractivity contribution >= 4 is 17.9 Å². The number of carboxylic acids is 1. The van der Waals surface area contributed by atoms with Crippen LogP contribution in [0.25, 0.3) is 0 Å². The van der Waals surface area contributed by atoms with Gasteiger partial charge in [-0.3, -0.25) is 4.79 Å². The van der Waals surface area contributed by atoms with Crippen LogP contribution in [0, 0.1) is 0 Å². The van der Waals surface area contributed by atoms with Crippen LogP contribution in [0.2, 0.25) is 0 Å². The molecule has 8 nitrogen and oxygen atoms in total. The highest BCUT2D eigenvalue weighted by Crippen LogP contribution is 2.09. The number of hydrogen-bond donors (Lipinski definition) is 4. The Morgan fingerprint density at radius 3 is 2.63 bits per heavy atom. The molecule has 0 spiro atoms. The molecule has 1 fully saturated rings. The topological polar surface area (TPSA) is 139 Å². The van der Waals surface area contributed by atoms with Gasteiger partial charge in [0.25, 0.3) is 0 Å². The van der Waals surface area contributed by atoms with E-state index >= 15 is 0 Å². The average molecular weight is 272 g/mol. The minimum absolute atomic E-state index is 0.0176. The van der Waals surface area contributed by atoms with Gasteiger partial charge in [0.2, 0.25) is 5.91 Å². The summed E-state index contributed by atoms with van der Waals surface area (Å²) in [5.41, 5.74) is 10.7. The Balaban J connectivity index is 2.50. The summed E-state index contributed by atoms with van der Waals surface area (Å²) in [5, 5.41) is 11.4. The van der Waals surface area contributed by atoms with Crippen LogP contribution in [-0.2, 0) is 9.59 Å². The fourth-order valence-corrected chi connectivity index (χ4v) is 1.98. The van der Waals surface area contributed by atoms with E-state index in [2.05, 4.69) is 5.32 Å². The van der Waals surface area contributed by atoms with Gasteiger partial charge >= 0.3 is 12.0 Å². The van der Waals surface area contributed by atoms with Crippen molar-refractivity contribution in [3.05, 3.63) is 0 Å². The number of aliphatic carboxylic acids is 1. The van der Waals surface area contributed by atoms with Crippen LogP contribution in [0.1, 0.15) is 25.7 Å². The molecule has 1 aliphatic heterocycles. The van der Waals surface area contributed by atoms with Crippen LogP contribution in [-0.4, -0.2) is 53.1 Å². The van der Waals surface area contributed by atoms with Gasteiger partial charge in [0.1, 0.15) is 6.04 Å². The second kappa shape index (κ2) is 6.93. The molecule has 0 aromatic heterocycles. The second-order valence-corrected chi connectivity index (χ2v) is 4.69. The first-order valence-electron chi connectivity index (χ1n) is 6.22. The number of carboxylic acid groups (broad SMARTS) is 1. The molecule has 1 rings (SSSR count). The van der Waals surface area contributed by atoms with Gasteiger partial charge in [-0.05, 0) is 19.3 Å².